The van der Waals surface area contributed by atoms with Crippen LogP contribution in [-0.4, -0.2) is 43.0 Å². The van der Waals surface area contributed by atoms with Crippen LogP contribution in [0, 0.1) is 0 Å². The molecule has 1 aliphatic carbocycles. The maximum Gasteiger partial charge on any atom is 0.0409 e. The van der Waals surface area contributed by atoms with Crippen LogP contribution in [0.4, 0.5) is 0 Å². The third-order valence-electron chi connectivity index (χ3n) is 5.00. The van der Waals surface area contributed by atoms with Gasteiger partial charge in [-0.2, -0.15) is 0 Å². The minimum atomic E-state index is -0.0574. The largest absolute Gasteiger partial charge is 0.321 e. The average Bonchev–Trinajstić information content (AvgIpc) is 2.90. The number of nitrogens with two attached hydrogens (primary N) is 1. The summed E-state index contributed by atoms with van der Waals surface area (Å²) in [5, 5.41) is 0. The summed E-state index contributed by atoms with van der Waals surface area (Å²) in [7, 11) is 2.20. The minimum absolute atomic E-state index is 0.0574. The number of piperazine rings is 1. The Balaban J connectivity index is 1.68. The van der Waals surface area contributed by atoms with Gasteiger partial charge >= 0.3 is 0 Å². The monoisotopic (exact) mass is 273 g/mol. The van der Waals surface area contributed by atoms with Crippen molar-refractivity contribution in [2.24, 2.45) is 5.73 Å². The van der Waals surface area contributed by atoms with E-state index in [9.17, 15) is 0 Å². The van der Waals surface area contributed by atoms with E-state index in [0.717, 1.165) is 19.4 Å². The smallest absolute Gasteiger partial charge is 0.0409 e. The van der Waals surface area contributed by atoms with Crippen LogP contribution >= 0.6 is 0 Å². The lowest BCUT2D eigenvalue weighted by atomic mass is 9.88. The molecule has 3 rings (SSSR count). The van der Waals surface area contributed by atoms with Crippen LogP contribution in [0.1, 0.15) is 36.8 Å². The second kappa shape index (κ2) is 5.84. The Hall–Kier alpha value is -0.900. The van der Waals surface area contributed by atoms with Gasteiger partial charge in [0.2, 0.25) is 0 Å². The summed E-state index contributed by atoms with van der Waals surface area (Å²) in [5.74, 6) is 0. The predicted molar refractivity (Wildman–Crippen MR) is 83.5 cm³/mol. The molecule has 2 N–H and O–H groups in total. The third kappa shape index (κ3) is 3.05. The molecule has 110 valence electrons. The van der Waals surface area contributed by atoms with Gasteiger partial charge in [-0.25, -0.2) is 0 Å². The van der Waals surface area contributed by atoms with Gasteiger partial charge in [-0.1, -0.05) is 37.1 Å². The molecule has 0 aromatic heterocycles. The van der Waals surface area contributed by atoms with Gasteiger partial charge < -0.3 is 10.6 Å². The Kier molecular flexibility index (Phi) is 4.11. The summed E-state index contributed by atoms with van der Waals surface area (Å²) in [6.45, 7) is 5.78. The van der Waals surface area contributed by atoms with Crippen molar-refractivity contribution in [2.75, 3.05) is 33.2 Å². The molecule has 20 heavy (non-hydrogen) atoms. The van der Waals surface area contributed by atoms with Crippen LogP contribution in [-0.2, 0) is 12.1 Å². The lowest BCUT2D eigenvalue weighted by molar-refractivity contribution is 0.148. The first-order chi connectivity index (χ1) is 9.66. The van der Waals surface area contributed by atoms with E-state index in [2.05, 4.69) is 41.1 Å². The van der Waals surface area contributed by atoms with E-state index in [1.165, 1.54) is 50.1 Å². The Bertz CT molecular complexity index is 443. The highest BCUT2D eigenvalue weighted by atomic mass is 15.2. The SMILES string of the molecule is CN1CCN(Cc2cccc(C3(N)CCCC3)c2)CC1. The zero-order chi connectivity index (χ0) is 14.0. The Morgan fingerprint density at radius 1 is 1.10 bits per heavy atom. The van der Waals surface area contributed by atoms with Crippen molar-refractivity contribution < 1.29 is 0 Å². The topological polar surface area (TPSA) is 32.5 Å². The van der Waals surface area contributed by atoms with Gasteiger partial charge in [0.15, 0.2) is 0 Å². The molecule has 1 saturated carbocycles. The van der Waals surface area contributed by atoms with Crippen molar-refractivity contribution in [3.05, 3.63) is 35.4 Å². The fourth-order valence-electron chi connectivity index (χ4n) is 3.54. The number of benzene rings is 1. The van der Waals surface area contributed by atoms with E-state index in [4.69, 9.17) is 5.73 Å². The van der Waals surface area contributed by atoms with E-state index < -0.39 is 0 Å². The zero-order valence-corrected chi connectivity index (χ0v) is 12.6. The van der Waals surface area contributed by atoms with E-state index >= 15 is 0 Å². The quantitative estimate of drug-likeness (QED) is 0.916. The molecule has 0 radical (unpaired) electrons. The molecule has 0 bridgehead atoms. The summed E-state index contributed by atoms with van der Waals surface area (Å²) in [6, 6.07) is 9.01. The van der Waals surface area contributed by atoms with Crippen LogP contribution in [0.3, 0.4) is 0 Å². The summed E-state index contributed by atoms with van der Waals surface area (Å²) in [6.07, 6.45) is 4.84. The highest BCUT2D eigenvalue weighted by Crippen LogP contribution is 2.36. The van der Waals surface area contributed by atoms with Crippen molar-refractivity contribution in [2.45, 2.75) is 37.8 Å². The summed E-state index contributed by atoms with van der Waals surface area (Å²) in [5.41, 5.74) is 9.29. The molecular weight excluding hydrogens is 246 g/mol. The van der Waals surface area contributed by atoms with Crippen molar-refractivity contribution in [1.82, 2.24) is 9.80 Å². The van der Waals surface area contributed by atoms with Gasteiger partial charge in [0.25, 0.3) is 0 Å². The number of hydrogen-bond donors (Lipinski definition) is 1. The molecule has 1 heterocycles. The molecule has 3 nitrogen and oxygen atoms in total. The van der Waals surface area contributed by atoms with Gasteiger partial charge in [0.1, 0.15) is 0 Å². The van der Waals surface area contributed by atoms with Gasteiger partial charge in [-0.15, -0.1) is 0 Å². The lowest BCUT2D eigenvalue weighted by Gasteiger charge is -2.32. The van der Waals surface area contributed by atoms with Crippen LogP contribution in [0.5, 0.6) is 0 Å². The Morgan fingerprint density at radius 3 is 2.50 bits per heavy atom. The molecule has 1 aliphatic heterocycles. The minimum Gasteiger partial charge on any atom is -0.321 e. The Morgan fingerprint density at radius 2 is 1.80 bits per heavy atom. The molecule has 2 fully saturated rings. The molecule has 0 unspecified atom stereocenters. The van der Waals surface area contributed by atoms with E-state index in [1.807, 2.05) is 0 Å². The maximum absolute atomic E-state index is 6.58. The second-order valence-corrected chi connectivity index (χ2v) is 6.64. The summed E-state index contributed by atoms with van der Waals surface area (Å²) < 4.78 is 0. The zero-order valence-electron chi connectivity index (χ0n) is 12.6. The molecule has 2 aliphatic rings. The Labute approximate surface area is 122 Å². The molecule has 0 atom stereocenters. The highest BCUT2D eigenvalue weighted by molar-refractivity contribution is 5.30. The fourth-order valence-corrected chi connectivity index (χ4v) is 3.54. The first kappa shape index (κ1) is 14.1. The number of nitrogens with zero attached hydrogens (tertiary/aromatic N) is 2. The van der Waals surface area contributed by atoms with Gasteiger partial charge in [0, 0.05) is 38.3 Å². The number of hydrogen-bond acceptors (Lipinski definition) is 3. The lowest BCUT2D eigenvalue weighted by Crippen LogP contribution is -2.43. The molecular formula is C17H27N3. The first-order valence-electron chi connectivity index (χ1n) is 7.95. The molecule has 1 saturated heterocycles. The first-order valence-corrected chi connectivity index (χ1v) is 7.95. The van der Waals surface area contributed by atoms with E-state index in [-0.39, 0.29) is 5.54 Å². The van der Waals surface area contributed by atoms with Crippen molar-refractivity contribution in [3.63, 3.8) is 0 Å². The second-order valence-electron chi connectivity index (χ2n) is 6.64. The third-order valence-corrected chi connectivity index (χ3v) is 5.00. The summed E-state index contributed by atoms with van der Waals surface area (Å²) >= 11 is 0. The number of likely N-dealkylation sites (N-methyl/N-ethyl adjacent to an activating group) is 1. The molecule has 3 heteroatoms. The predicted octanol–water partition coefficient (Wildman–Crippen LogP) is 2.16. The molecule has 0 amide bonds. The maximum atomic E-state index is 6.58. The van der Waals surface area contributed by atoms with Gasteiger partial charge in [-0.3, -0.25) is 4.90 Å². The van der Waals surface area contributed by atoms with Crippen molar-refractivity contribution in [3.8, 4) is 0 Å². The molecule has 1 aromatic rings. The van der Waals surface area contributed by atoms with Crippen LogP contribution in [0.15, 0.2) is 24.3 Å². The average molecular weight is 273 g/mol. The normalized spacial score (nSPS) is 24.1. The standard InChI is InChI=1S/C17H27N3/c1-19-9-11-20(12-10-19)14-15-5-4-6-16(13-15)17(18)7-2-3-8-17/h4-6,13H,2-3,7-12,14,18H2,1H3. The van der Waals surface area contributed by atoms with Crippen molar-refractivity contribution in [1.29, 1.82) is 0 Å². The molecule has 1 aromatic carbocycles. The fraction of sp³-hybridized carbons (Fsp3) is 0.647. The van der Waals surface area contributed by atoms with Gasteiger partial charge in [0.05, 0.1) is 0 Å². The molecule has 0 spiro atoms. The van der Waals surface area contributed by atoms with Crippen LogP contribution in [0.2, 0.25) is 0 Å². The van der Waals surface area contributed by atoms with Crippen LogP contribution < -0.4 is 5.73 Å². The summed E-state index contributed by atoms with van der Waals surface area (Å²) in [4.78, 5) is 4.96. The highest BCUT2D eigenvalue weighted by Gasteiger charge is 2.31. The van der Waals surface area contributed by atoms with Crippen molar-refractivity contribution >= 4 is 0 Å². The van der Waals surface area contributed by atoms with E-state index in [1.54, 1.807) is 0 Å². The number of rotatable bonds is 3. The van der Waals surface area contributed by atoms with Gasteiger partial charge in [-0.05, 0) is 31.0 Å². The van der Waals surface area contributed by atoms with Crippen LogP contribution in [0.25, 0.3) is 0 Å². The van der Waals surface area contributed by atoms with E-state index in [0.29, 0.717) is 0 Å².